The summed E-state index contributed by atoms with van der Waals surface area (Å²) in [5.41, 5.74) is 1.21. The van der Waals surface area contributed by atoms with Crippen molar-refractivity contribution in [3.8, 4) is 0 Å². The number of rotatable bonds is 5. The molecule has 0 aliphatic carbocycles. The smallest absolute Gasteiger partial charge is 0.310 e. The molecule has 3 atom stereocenters. The van der Waals surface area contributed by atoms with Gasteiger partial charge in [-0.15, -0.1) is 0 Å². The van der Waals surface area contributed by atoms with Gasteiger partial charge in [-0.25, -0.2) is 0 Å². The van der Waals surface area contributed by atoms with Crippen LogP contribution in [0.3, 0.4) is 0 Å². The van der Waals surface area contributed by atoms with Crippen LogP contribution in [-0.2, 0) is 14.3 Å². The standard InChI is InChI=1S/C21H31ClN4O3/c1-15-13-26(14-18(15)20(27)28-3)21(23-2)24-12-19(25-8-10-29-11-9-25)16-4-6-17(22)7-5-16/h4-7,15,18-19H,8-14H2,1-3H3,(H,23,24). The average molecular weight is 423 g/mol. The lowest BCUT2D eigenvalue weighted by Gasteiger charge is -2.35. The lowest BCUT2D eigenvalue weighted by molar-refractivity contribution is -0.145. The van der Waals surface area contributed by atoms with Crippen LogP contribution in [0.4, 0.5) is 0 Å². The molecular weight excluding hydrogens is 392 g/mol. The number of aliphatic imine (C=N–C) groups is 1. The minimum absolute atomic E-state index is 0.121. The lowest BCUT2D eigenvalue weighted by atomic mass is 9.99. The number of carbonyl (C=O) groups excluding carboxylic acids is 1. The minimum atomic E-state index is -0.150. The molecule has 0 aromatic heterocycles. The van der Waals surface area contributed by atoms with Gasteiger partial charge in [-0.05, 0) is 23.6 Å². The van der Waals surface area contributed by atoms with Gasteiger partial charge in [0.1, 0.15) is 0 Å². The van der Waals surface area contributed by atoms with Gasteiger partial charge in [0.2, 0.25) is 0 Å². The zero-order valence-corrected chi connectivity index (χ0v) is 18.2. The predicted octanol–water partition coefficient (Wildman–Crippen LogP) is 2.03. The summed E-state index contributed by atoms with van der Waals surface area (Å²) in [5, 5.41) is 4.26. The van der Waals surface area contributed by atoms with Gasteiger partial charge in [-0.3, -0.25) is 14.7 Å². The predicted molar refractivity (Wildman–Crippen MR) is 114 cm³/mol. The number of halogens is 1. The van der Waals surface area contributed by atoms with Gasteiger partial charge in [0, 0.05) is 44.8 Å². The number of benzene rings is 1. The highest BCUT2D eigenvalue weighted by atomic mass is 35.5. The second kappa shape index (κ2) is 10.3. The van der Waals surface area contributed by atoms with Crippen LogP contribution in [0.15, 0.2) is 29.3 Å². The molecule has 7 nitrogen and oxygen atoms in total. The molecule has 1 aromatic carbocycles. The molecule has 0 radical (unpaired) electrons. The van der Waals surface area contributed by atoms with Crippen molar-refractivity contribution in [2.75, 3.05) is 60.1 Å². The van der Waals surface area contributed by atoms with Crippen LogP contribution < -0.4 is 5.32 Å². The summed E-state index contributed by atoms with van der Waals surface area (Å²) >= 11 is 6.09. The Morgan fingerprint density at radius 2 is 2.00 bits per heavy atom. The number of ether oxygens (including phenoxy) is 2. The summed E-state index contributed by atoms with van der Waals surface area (Å²) in [4.78, 5) is 21.1. The van der Waals surface area contributed by atoms with Crippen molar-refractivity contribution in [1.82, 2.24) is 15.1 Å². The van der Waals surface area contributed by atoms with E-state index in [1.165, 1.54) is 12.7 Å². The van der Waals surface area contributed by atoms with E-state index in [-0.39, 0.29) is 23.8 Å². The van der Waals surface area contributed by atoms with Crippen LogP contribution in [0, 0.1) is 11.8 Å². The first kappa shape index (κ1) is 21.9. The van der Waals surface area contributed by atoms with Crippen molar-refractivity contribution in [2.45, 2.75) is 13.0 Å². The van der Waals surface area contributed by atoms with Crippen molar-refractivity contribution >= 4 is 23.5 Å². The van der Waals surface area contributed by atoms with E-state index in [1.54, 1.807) is 7.05 Å². The first-order valence-electron chi connectivity index (χ1n) is 10.1. The molecule has 160 valence electrons. The number of likely N-dealkylation sites (tertiary alicyclic amines) is 1. The molecule has 0 bridgehead atoms. The number of nitrogens with zero attached hydrogens (tertiary/aromatic N) is 3. The van der Waals surface area contributed by atoms with Crippen molar-refractivity contribution in [3.05, 3.63) is 34.9 Å². The number of nitrogens with one attached hydrogen (secondary N) is 1. The number of hydrogen-bond donors (Lipinski definition) is 1. The summed E-state index contributed by atoms with van der Waals surface area (Å²) in [6.45, 7) is 7.45. The fourth-order valence-electron chi connectivity index (χ4n) is 4.15. The third-order valence-corrected chi connectivity index (χ3v) is 6.07. The number of esters is 1. The molecule has 0 saturated carbocycles. The van der Waals surface area contributed by atoms with E-state index in [0.29, 0.717) is 13.1 Å². The third-order valence-electron chi connectivity index (χ3n) is 5.82. The van der Waals surface area contributed by atoms with E-state index in [9.17, 15) is 4.79 Å². The first-order chi connectivity index (χ1) is 14.0. The van der Waals surface area contributed by atoms with E-state index < -0.39 is 0 Å². The van der Waals surface area contributed by atoms with Crippen LogP contribution >= 0.6 is 11.6 Å². The zero-order chi connectivity index (χ0) is 20.8. The third kappa shape index (κ3) is 5.41. The summed E-state index contributed by atoms with van der Waals surface area (Å²) in [5.74, 6) is 0.774. The molecule has 0 amide bonds. The lowest BCUT2D eigenvalue weighted by Crippen LogP contribution is -2.47. The largest absolute Gasteiger partial charge is 0.469 e. The molecule has 2 saturated heterocycles. The molecule has 2 heterocycles. The molecule has 1 aromatic rings. The van der Waals surface area contributed by atoms with Crippen LogP contribution in [-0.4, -0.2) is 81.8 Å². The highest BCUT2D eigenvalue weighted by Gasteiger charge is 2.37. The van der Waals surface area contributed by atoms with Gasteiger partial charge in [-0.2, -0.15) is 0 Å². The average Bonchev–Trinajstić information content (AvgIpc) is 3.13. The molecule has 8 heteroatoms. The van der Waals surface area contributed by atoms with Crippen LogP contribution in [0.1, 0.15) is 18.5 Å². The number of morpholine rings is 1. The van der Waals surface area contributed by atoms with Gasteiger partial charge in [0.05, 0.1) is 32.3 Å². The van der Waals surface area contributed by atoms with Gasteiger partial charge in [0.15, 0.2) is 5.96 Å². The summed E-state index contributed by atoms with van der Waals surface area (Å²) in [7, 11) is 3.23. The molecule has 29 heavy (non-hydrogen) atoms. The van der Waals surface area contributed by atoms with E-state index in [2.05, 4.69) is 39.2 Å². The molecule has 0 spiro atoms. The molecular formula is C21H31ClN4O3. The molecule has 2 fully saturated rings. The Labute approximate surface area is 178 Å². The van der Waals surface area contributed by atoms with E-state index in [4.69, 9.17) is 21.1 Å². The van der Waals surface area contributed by atoms with Gasteiger partial charge in [0.25, 0.3) is 0 Å². The first-order valence-corrected chi connectivity index (χ1v) is 10.5. The van der Waals surface area contributed by atoms with E-state index in [0.717, 1.165) is 43.8 Å². The maximum atomic E-state index is 12.0. The Morgan fingerprint density at radius 3 is 2.62 bits per heavy atom. The van der Waals surface area contributed by atoms with E-state index >= 15 is 0 Å². The molecule has 2 aliphatic heterocycles. The van der Waals surface area contributed by atoms with Gasteiger partial charge >= 0.3 is 5.97 Å². The molecule has 3 rings (SSSR count). The Hall–Kier alpha value is -1.83. The number of hydrogen-bond acceptors (Lipinski definition) is 5. The fourth-order valence-corrected chi connectivity index (χ4v) is 4.28. The Bertz CT molecular complexity index is 706. The fraction of sp³-hybridized carbons (Fsp3) is 0.619. The maximum Gasteiger partial charge on any atom is 0.310 e. The second-order valence-corrected chi connectivity index (χ2v) is 8.09. The monoisotopic (exact) mass is 422 g/mol. The Morgan fingerprint density at radius 1 is 1.31 bits per heavy atom. The molecule has 3 unspecified atom stereocenters. The van der Waals surface area contributed by atoms with Gasteiger partial charge in [-0.1, -0.05) is 30.7 Å². The number of carbonyl (C=O) groups is 1. The summed E-state index contributed by atoms with van der Waals surface area (Å²) < 4.78 is 10.5. The summed E-state index contributed by atoms with van der Waals surface area (Å²) in [6, 6.07) is 8.21. The Balaban J connectivity index is 1.69. The Kier molecular flexibility index (Phi) is 7.75. The quantitative estimate of drug-likeness (QED) is 0.445. The minimum Gasteiger partial charge on any atom is -0.469 e. The summed E-state index contributed by atoms with van der Waals surface area (Å²) in [6.07, 6.45) is 0. The second-order valence-electron chi connectivity index (χ2n) is 7.66. The number of guanidine groups is 1. The zero-order valence-electron chi connectivity index (χ0n) is 17.4. The van der Waals surface area contributed by atoms with Crippen LogP contribution in [0.2, 0.25) is 5.02 Å². The SMILES string of the molecule is CN=C(NCC(c1ccc(Cl)cc1)N1CCOCC1)N1CC(C)C(C(=O)OC)C1. The highest BCUT2D eigenvalue weighted by Crippen LogP contribution is 2.25. The van der Waals surface area contributed by atoms with Crippen molar-refractivity contribution < 1.29 is 14.3 Å². The van der Waals surface area contributed by atoms with E-state index in [1.807, 2.05) is 12.1 Å². The normalized spacial score (nSPS) is 24.4. The van der Waals surface area contributed by atoms with Crippen molar-refractivity contribution in [2.24, 2.45) is 16.8 Å². The molecule has 2 aliphatic rings. The topological polar surface area (TPSA) is 66.4 Å². The highest BCUT2D eigenvalue weighted by molar-refractivity contribution is 6.30. The van der Waals surface area contributed by atoms with Crippen molar-refractivity contribution in [3.63, 3.8) is 0 Å². The van der Waals surface area contributed by atoms with Crippen LogP contribution in [0.25, 0.3) is 0 Å². The van der Waals surface area contributed by atoms with Crippen molar-refractivity contribution in [1.29, 1.82) is 0 Å². The van der Waals surface area contributed by atoms with Gasteiger partial charge < -0.3 is 19.7 Å². The van der Waals surface area contributed by atoms with Crippen LogP contribution in [0.5, 0.6) is 0 Å². The maximum absolute atomic E-state index is 12.0. The molecule has 1 N–H and O–H groups in total. The number of methoxy groups -OCH3 is 1.